The molecule has 0 unspecified atom stereocenters. The van der Waals surface area contributed by atoms with E-state index >= 15 is 0 Å². The molecular formula is C19H39N. The standard InChI is InChI=1S/C12H19N.C3H8.2C2H6/c1-4-9-13(5-2)12-8-6-7-11(3)10-12;1-3-2;2*1-2/h6-8,10H,4-5,9H2,1-3H3;3H2,1-2H3;2*1-2H3. The second-order valence-corrected chi connectivity index (χ2v) is 4.13. The van der Waals surface area contributed by atoms with Crippen molar-refractivity contribution in [2.24, 2.45) is 0 Å². The van der Waals surface area contributed by atoms with Gasteiger partial charge in [-0.3, -0.25) is 0 Å². The molecule has 0 bridgehead atoms. The van der Waals surface area contributed by atoms with Crippen LogP contribution in [-0.4, -0.2) is 13.1 Å². The molecule has 0 atom stereocenters. The maximum Gasteiger partial charge on any atom is 0.0368 e. The zero-order chi connectivity index (χ0) is 16.4. The zero-order valence-corrected chi connectivity index (χ0v) is 15.6. The average molecular weight is 282 g/mol. The second kappa shape index (κ2) is 20.3. The fraction of sp³-hybridized carbons (Fsp3) is 0.684. The third-order valence-electron chi connectivity index (χ3n) is 2.24. The number of aryl methyl sites for hydroxylation is 1. The fourth-order valence-electron chi connectivity index (χ4n) is 1.56. The van der Waals surface area contributed by atoms with Crippen molar-refractivity contribution >= 4 is 5.69 Å². The molecular weight excluding hydrogens is 242 g/mol. The molecule has 0 aliphatic rings. The monoisotopic (exact) mass is 281 g/mol. The molecule has 0 fully saturated rings. The Balaban J connectivity index is -0.000000355. The largest absolute Gasteiger partial charge is 0.372 e. The summed E-state index contributed by atoms with van der Waals surface area (Å²) in [4.78, 5) is 2.41. The van der Waals surface area contributed by atoms with E-state index in [2.05, 4.69) is 63.8 Å². The van der Waals surface area contributed by atoms with Crippen LogP contribution in [0.1, 0.15) is 73.8 Å². The van der Waals surface area contributed by atoms with Gasteiger partial charge in [-0.1, -0.05) is 67.0 Å². The van der Waals surface area contributed by atoms with Gasteiger partial charge in [-0.2, -0.15) is 0 Å². The molecule has 0 radical (unpaired) electrons. The number of rotatable bonds is 4. The normalized spacial score (nSPS) is 8.05. The maximum absolute atomic E-state index is 2.41. The molecule has 0 aliphatic heterocycles. The van der Waals surface area contributed by atoms with E-state index in [1.54, 1.807) is 0 Å². The van der Waals surface area contributed by atoms with E-state index in [0.717, 1.165) is 13.1 Å². The molecule has 1 heteroatoms. The summed E-state index contributed by atoms with van der Waals surface area (Å²) >= 11 is 0. The van der Waals surface area contributed by atoms with Crippen molar-refractivity contribution in [1.29, 1.82) is 0 Å². The molecule has 0 saturated carbocycles. The van der Waals surface area contributed by atoms with Crippen molar-refractivity contribution in [3.63, 3.8) is 0 Å². The molecule has 0 N–H and O–H groups in total. The van der Waals surface area contributed by atoms with Crippen molar-refractivity contribution in [1.82, 2.24) is 0 Å². The van der Waals surface area contributed by atoms with Crippen LogP contribution in [-0.2, 0) is 0 Å². The summed E-state index contributed by atoms with van der Waals surface area (Å²) in [5.41, 5.74) is 2.69. The first kappa shape index (κ1) is 24.1. The number of nitrogens with zero attached hydrogens (tertiary/aromatic N) is 1. The van der Waals surface area contributed by atoms with Gasteiger partial charge >= 0.3 is 0 Å². The minimum Gasteiger partial charge on any atom is -0.372 e. The van der Waals surface area contributed by atoms with E-state index in [4.69, 9.17) is 0 Å². The number of hydrogen-bond donors (Lipinski definition) is 0. The molecule has 1 nitrogen and oxygen atoms in total. The lowest BCUT2D eigenvalue weighted by atomic mass is 10.2. The molecule has 20 heavy (non-hydrogen) atoms. The summed E-state index contributed by atoms with van der Waals surface area (Å²) in [5.74, 6) is 0. The van der Waals surface area contributed by atoms with E-state index < -0.39 is 0 Å². The predicted octanol–water partition coefficient (Wildman–Crippen LogP) is 6.70. The Kier molecular flexibility index (Phi) is 24.5. The fourth-order valence-corrected chi connectivity index (χ4v) is 1.56. The van der Waals surface area contributed by atoms with Gasteiger partial charge in [0.2, 0.25) is 0 Å². The molecule has 120 valence electrons. The van der Waals surface area contributed by atoms with Gasteiger partial charge in [-0.25, -0.2) is 0 Å². The van der Waals surface area contributed by atoms with Crippen LogP contribution in [0.5, 0.6) is 0 Å². The zero-order valence-electron chi connectivity index (χ0n) is 15.6. The van der Waals surface area contributed by atoms with Crippen LogP contribution < -0.4 is 4.90 Å². The van der Waals surface area contributed by atoms with Crippen molar-refractivity contribution in [2.75, 3.05) is 18.0 Å². The number of anilines is 1. The Hall–Kier alpha value is -0.980. The highest BCUT2D eigenvalue weighted by atomic mass is 15.1. The number of benzene rings is 1. The number of hydrogen-bond acceptors (Lipinski definition) is 1. The molecule has 1 aromatic carbocycles. The van der Waals surface area contributed by atoms with Crippen molar-refractivity contribution < 1.29 is 0 Å². The lowest BCUT2D eigenvalue weighted by Gasteiger charge is -2.22. The highest BCUT2D eigenvalue weighted by Crippen LogP contribution is 2.15. The first-order valence-electron chi connectivity index (χ1n) is 8.51. The van der Waals surface area contributed by atoms with Crippen molar-refractivity contribution in [3.05, 3.63) is 29.8 Å². The lowest BCUT2D eigenvalue weighted by Crippen LogP contribution is -2.23. The van der Waals surface area contributed by atoms with E-state index in [-0.39, 0.29) is 0 Å². The minimum absolute atomic E-state index is 1.09. The van der Waals surface area contributed by atoms with Gasteiger partial charge in [-0.15, -0.1) is 0 Å². The lowest BCUT2D eigenvalue weighted by molar-refractivity contribution is 0.791. The predicted molar refractivity (Wildman–Crippen MR) is 98.0 cm³/mol. The van der Waals surface area contributed by atoms with Gasteiger partial charge in [0.05, 0.1) is 0 Å². The third-order valence-corrected chi connectivity index (χ3v) is 2.24. The van der Waals surface area contributed by atoms with Gasteiger partial charge in [0, 0.05) is 18.8 Å². The Morgan fingerprint density at radius 1 is 0.900 bits per heavy atom. The molecule has 0 saturated heterocycles. The molecule has 0 aromatic heterocycles. The summed E-state index contributed by atoms with van der Waals surface area (Å²) in [5, 5.41) is 0. The third kappa shape index (κ3) is 13.5. The van der Waals surface area contributed by atoms with Crippen LogP contribution in [0.25, 0.3) is 0 Å². The van der Waals surface area contributed by atoms with Crippen LogP contribution in [0.4, 0.5) is 5.69 Å². The molecule has 0 amide bonds. The quantitative estimate of drug-likeness (QED) is 0.593. The van der Waals surface area contributed by atoms with Gasteiger partial charge < -0.3 is 4.90 Å². The van der Waals surface area contributed by atoms with E-state index in [1.807, 2.05) is 27.7 Å². The van der Waals surface area contributed by atoms with Crippen molar-refractivity contribution in [2.45, 2.75) is 75.2 Å². The second-order valence-electron chi connectivity index (χ2n) is 4.13. The Bertz CT molecular complexity index is 268. The van der Waals surface area contributed by atoms with Crippen LogP contribution in [0.3, 0.4) is 0 Å². The topological polar surface area (TPSA) is 3.24 Å². The van der Waals surface area contributed by atoms with Gasteiger partial charge in [0.15, 0.2) is 0 Å². The van der Waals surface area contributed by atoms with Crippen LogP contribution in [0, 0.1) is 6.92 Å². The summed E-state index contributed by atoms with van der Waals surface area (Å²) in [7, 11) is 0. The van der Waals surface area contributed by atoms with Crippen LogP contribution in [0.15, 0.2) is 24.3 Å². The van der Waals surface area contributed by atoms with Gasteiger partial charge in [0.25, 0.3) is 0 Å². The molecule has 0 spiro atoms. The summed E-state index contributed by atoms with van der Waals surface area (Å²) in [6.07, 6.45) is 2.46. The molecule has 0 heterocycles. The van der Waals surface area contributed by atoms with E-state index in [1.165, 1.54) is 24.1 Å². The molecule has 1 rings (SSSR count). The SMILES string of the molecule is CC.CC.CCC.CCCN(CC)c1cccc(C)c1. The maximum atomic E-state index is 2.41. The first-order valence-corrected chi connectivity index (χ1v) is 8.51. The van der Waals surface area contributed by atoms with E-state index in [0.29, 0.717) is 0 Å². The Morgan fingerprint density at radius 2 is 1.40 bits per heavy atom. The van der Waals surface area contributed by atoms with Crippen LogP contribution >= 0.6 is 0 Å². The van der Waals surface area contributed by atoms with Gasteiger partial charge in [-0.05, 0) is 38.0 Å². The highest BCUT2D eigenvalue weighted by Gasteiger charge is 2.01. The van der Waals surface area contributed by atoms with Gasteiger partial charge in [0.1, 0.15) is 0 Å². The summed E-state index contributed by atoms with van der Waals surface area (Å²) < 4.78 is 0. The molecule has 0 aliphatic carbocycles. The van der Waals surface area contributed by atoms with Crippen LogP contribution in [0.2, 0.25) is 0 Å². The Labute approximate surface area is 129 Å². The summed E-state index contributed by atoms with van der Waals surface area (Å²) in [6, 6.07) is 8.71. The molecule has 1 aromatic rings. The highest BCUT2D eigenvalue weighted by molar-refractivity contribution is 5.48. The first-order chi connectivity index (χ1) is 9.69. The van der Waals surface area contributed by atoms with Crippen molar-refractivity contribution in [3.8, 4) is 0 Å². The minimum atomic E-state index is 1.09. The smallest absolute Gasteiger partial charge is 0.0368 e. The summed E-state index contributed by atoms with van der Waals surface area (Å²) in [6.45, 7) is 21.1. The Morgan fingerprint density at radius 3 is 1.75 bits per heavy atom. The average Bonchev–Trinajstić information content (AvgIpc) is 2.50. The van der Waals surface area contributed by atoms with E-state index in [9.17, 15) is 0 Å².